The van der Waals surface area contributed by atoms with Gasteiger partial charge in [-0.05, 0) is 36.1 Å². The van der Waals surface area contributed by atoms with Crippen molar-refractivity contribution in [1.82, 2.24) is 20.2 Å². The van der Waals surface area contributed by atoms with Crippen molar-refractivity contribution in [1.29, 1.82) is 0 Å². The maximum atomic E-state index is 13.6. The van der Waals surface area contributed by atoms with Crippen LogP contribution in [0.5, 0.6) is 0 Å². The van der Waals surface area contributed by atoms with E-state index in [1.807, 2.05) is 60.7 Å². The summed E-state index contributed by atoms with van der Waals surface area (Å²) in [6.45, 7) is 0.608. The molecule has 202 valence electrons. The van der Waals surface area contributed by atoms with Gasteiger partial charge in [-0.15, -0.1) is 0 Å². The van der Waals surface area contributed by atoms with Crippen molar-refractivity contribution in [2.75, 3.05) is 13.1 Å². The van der Waals surface area contributed by atoms with E-state index >= 15 is 0 Å². The molecular weight excluding hydrogens is 504 g/mol. The lowest BCUT2D eigenvalue weighted by atomic mass is 9.96. The molecule has 2 atom stereocenters. The van der Waals surface area contributed by atoms with Crippen LogP contribution in [0.2, 0.25) is 0 Å². The van der Waals surface area contributed by atoms with Crippen LogP contribution in [0, 0.1) is 5.92 Å². The van der Waals surface area contributed by atoms with E-state index in [9.17, 15) is 19.5 Å². The van der Waals surface area contributed by atoms with E-state index in [1.165, 1.54) is 0 Å². The molecule has 5 rings (SSSR count). The Labute approximate surface area is 232 Å². The van der Waals surface area contributed by atoms with Gasteiger partial charge < -0.3 is 15.3 Å². The van der Waals surface area contributed by atoms with Crippen LogP contribution >= 0.6 is 0 Å². The molecule has 0 bridgehead atoms. The van der Waals surface area contributed by atoms with Gasteiger partial charge >= 0.3 is 5.97 Å². The minimum Gasteiger partial charge on any atom is -0.481 e. The third-order valence-electron chi connectivity index (χ3n) is 7.13. The Morgan fingerprint density at radius 2 is 1.50 bits per heavy atom. The Kier molecular flexibility index (Phi) is 8.25. The second-order valence-corrected chi connectivity index (χ2v) is 9.92. The summed E-state index contributed by atoms with van der Waals surface area (Å²) in [5.41, 5.74) is 4.11. The largest absolute Gasteiger partial charge is 0.481 e. The second-order valence-electron chi connectivity index (χ2n) is 9.92. The van der Waals surface area contributed by atoms with Gasteiger partial charge in [0, 0.05) is 48.6 Å². The zero-order valence-corrected chi connectivity index (χ0v) is 21.9. The van der Waals surface area contributed by atoms with Gasteiger partial charge in [-0.3, -0.25) is 14.4 Å². The van der Waals surface area contributed by atoms with Gasteiger partial charge in [0.1, 0.15) is 6.04 Å². The number of rotatable bonds is 8. The number of benzene rings is 3. The number of piperidine rings is 1. The van der Waals surface area contributed by atoms with E-state index < -0.39 is 17.9 Å². The van der Waals surface area contributed by atoms with Crippen LogP contribution in [0.3, 0.4) is 0 Å². The molecule has 1 aromatic heterocycles. The smallest absolute Gasteiger partial charge is 0.308 e. The first-order valence-electron chi connectivity index (χ1n) is 13.3. The van der Waals surface area contributed by atoms with Gasteiger partial charge in [0.05, 0.1) is 5.92 Å². The SMILES string of the molecule is O=C(NC(Cc1ccc(-c2ncc(-c3ccccc3)cn2)cc1)C(=O)N1CCCC(C(=O)O)C1)c1ccccc1. The molecule has 1 fully saturated rings. The van der Waals surface area contributed by atoms with Crippen LogP contribution in [0.15, 0.2) is 97.3 Å². The Hall–Kier alpha value is -4.85. The summed E-state index contributed by atoms with van der Waals surface area (Å²) in [7, 11) is 0. The fraction of sp³-hybridized carbons (Fsp3) is 0.219. The Morgan fingerprint density at radius 3 is 2.15 bits per heavy atom. The fourth-order valence-electron chi connectivity index (χ4n) is 4.91. The number of nitrogens with zero attached hydrogens (tertiary/aromatic N) is 3. The number of carbonyl (C=O) groups is 3. The molecule has 0 aliphatic carbocycles. The molecular formula is C32H30N4O4. The fourth-order valence-corrected chi connectivity index (χ4v) is 4.91. The number of carboxylic acid groups (broad SMARTS) is 1. The molecule has 1 aliphatic rings. The normalized spacial score (nSPS) is 15.7. The van der Waals surface area contributed by atoms with Gasteiger partial charge in [-0.1, -0.05) is 72.8 Å². The lowest BCUT2D eigenvalue weighted by Gasteiger charge is -2.33. The van der Waals surface area contributed by atoms with Gasteiger partial charge in [-0.25, -0.2) is 9.97 Å². The summed E-state index contributed by atoms with van der Waals surface area (Å²) in [6, 6.07) is 25.4. The summed E-state index contributed by atoms with van der Waals surface area (Å²) in [6.07, 6.45) is 5.00. The third-order valence-corrected chi connectivity index (χ3v) is 7.13. The first kappa shape index (κ1) is 26.7. The quantitative estimate of drug-likeness (QED) is 0.345. The molecule has 8 nitrogen and oxygen atoms in total. The monoisotopic (exact) mass is 534 g/mol. The van der Waals surface area contributed by atoms with Gasteiger partial charge in [-0.2, -0.15) is 0 Å². The molecule has 4 aromatic rings. The van der Waals surface area contributed by atoms with Crippen molar-refractivity contribution in [3.8, 4) is 22.5 Å². The molecule has 0 radical (unpaired) electrons. The van der Waals surface area contributed by atoms with Gasteiger partial charge in [0.25, 0.3) is 5.91 Å². The first-order chi connectivity index (χ1) is 19.5. The zero-order chi connectivity index (χ0) is 27.9. The van der Waals surface area contributed by atoms with Crippen LogP contribution in [-0.4, -0.2) is 56.9 Å². The average molecular weight is 535 g/mol. The van der Waals surface area contributed by atoms with Crippen molar-refractivity contribution in [2.45, 2.75) is 25.3 Å². The zero-order valence-electron chi connectivity index (χ0n) is 21.9. The lowest BCUT2D eigenvalue weighted by Crippen LogP contribution is -2.53. The standard InChI is InChI=1S/C32H30N4O4/c37-30(25-10-5-2-6-11-25)35-28(31(38)36-17-7-12-26(21-36)32(39)40)18-22-13-15-24(16-14-22)29-33-19-27(20-34-29)23-8-3-1-4-9-23/h1-6,8-11,13-16,19-20,26,28H,7,12,17-18,21H2,(H,35,37)(H,39,40). The summed E-state index contributed by atoms with van der Waals surface area (Å²) in [4.78, 5) is 48.7. The maximum absolute atomic E-state index is 13.6. The van der Waals surface area contributed by atoms with E-state index in [0.29, 0.717) is 30.8 Å². The van der Waals surface area contributed by atoms with Crippen LogP contribution in [-0.2, 0) is 16.0 Å². The number of hydrogen-bond acceptors (Lipinski definition) is 5. The van der Waals surface area contributed by atoms with Crippen molar-refractivity contribution in [3.63, 3.8) is 0 Å². The van der Waals surface area contributed by atoms with E-state index in [4.69, 9.17) is 0 Å². The minimum atomic E-state index is -0.906. The predicted octanol–water partition coefficient (Wildman–Crippen LogP) is 4.47. The molecule has 0 spiro atoms. The lowest BCUT2D eigenvalue weighted by molar-refractivity contribution is -0.146. The third kappa shape index (κ3) is 6.40. The highest BCUT2D eigenvalue weighted by Gasteiger charge is 2.32. The summed E-state index contributed by atoms with van der Waals surface area (Å²) in [5, 5.41) is 12.4. The average Bonchev–Trinajstić information content (AvgIpc) is 3.01. The molecule has 2 heterocycles. The van der Waals surface area contributed by atoms with Crippen molar-refractivity contribution in [2.24, 2.45) is 5.92 Å². The Balaban J connectivity index is 1.33. The molecule has 2 unspecified atom stereocenters. The highest BCUT2D eigenvalue weighted by atomic mass is 16.4. The van der Waals surface area contributed by atoms with Crippen LogP contribution in [0.4, 0.5) is 0 Å². The van der Waals surface area contributed by atoms with Crippen LogP contribution in [0.25, 0.3) is 22.5 Å². The molecule has 1 aliphatic heterocycles. The summed E-state index contributed by atoms with van der Waals surface area (Å²) < 4.78 is 0. The van der Waals surface area contributed by atoms with Crippen LogP contribution in [0.1, 0.15) is 28.8 Å². The molecule has 0 saturated carbocycles. The molecule has 40 heavy (non-hydrogen) atoms. The number of aromatic nitrogens is 2. The topological polar surface area (TPSA) is 112 Å². The Morgan fingerprint density at radius 1 is 0.850 bits per heavy atom. The number of carboxylic acids is 1. The predicted molar refractivity (Wildman–Crippen MR) is 151 cm³/mol. The van der Waals surface area contributed by atoms with E-state index in [2.05, 4.69) is 15.3 Å². The van der Waals surface area contributed by atoms with Crippen molar-refractivity contribution < 1.29 is 19.5 Å². The number of hydrogen-bond donors (Lipinski definition) is 2. The first-order valence-corrected chi connectivity index (χ1v) is 13.3. The molecule has 1 saturated heterocycles. The highest BCUT2D eigenvalue weighted by Crippen LogP contribution is 2.22. The van der Waals surface area contributed by atoms with Gasteiger partial charge in [0.15, 0.2) is 5.82 Å². The van der Waals surface area contributed by atoms with Gasteiger partial charge in [0.2, 0.25) is 5.91 Å². The number of likely N-dealkylation sites (tertiary alicyclic amines) is 1. The maximum Gasteiger partial charge on any atom is 0.308 e. The van der Waals surface area contributed by atoms with Crippen molar-refractivity contribution >= 4 is 17.8 Å². The summed E-state index contributed by atoms with van der Waals surface area (Å²) >= 11 is 0. The number of carbonyl (C=O) groups excluding carboxylic acids is 2. The van der Waals surface area contributed by atoms with Crippen molar-refractivity contribution in [3.05, 3.63) is 108 Å². The second kappa shape index (κ2) is 12.3. The van der Waals surface area contributed by atoms with E-state index in [1.54, 1.807) is 41.6 Å². The van der Waals surface area contributed by atoms with Crippen LogP contribution < -0.4 is 5.32 Å². The molecule has 2 amide bonds. The highest BCUT2D eigenvalue weighted by molar-refractivity contribution is 5.97. The van der Waals surface area contributed by atoms with E-state index in [-0.39, 0.29) is 24.8 Å². The Bertz CT molecular complexity index is 1460. The molecule has 8 heteroatoms. The molecule has 2 N–H and O–H groups in total. The number of aliphatic carboxylic acids is 1. The number of amides is 2. The minimum absolute atomic E-state index is 0.140. The van der Waals surface area contributed by atoms with E-state index in [0.717, 1.165) is 22.3 Å². The summed E-state index contributed by atoms with van der Waals surface area (Å²) in [5.74, 6) is -1.55. The molecule has 3 aromatic carbocycles. The number of nitrogens with one attached hydrogen (secondary N) is 1.